The van der Waals surface area contributed by atoms with Crippen LogP contribution in [0, 0.1) is 0 Å². The van der Waals surface area contributed by atoms with Crippen LogP contribution in [0.3, 0.4) is 0 Å². The van der Waals surface area contributed by atoms with Gasteiger partial charge in [0.1, 0.15) is 36.2 Å². The van der Waals surface area contributed by atoms with Gasteiger partial charge in [0, 0.05) is 5.56 Å². The maximum absolute atomic E-state index is 13.3. The number of nitrogens with zero attached hydrogens (tertiary/aromatic N) is 4. The summed E-state index contributed by atoms with van der Waals surface area (Å²) in [5.41, 5.74) is 4.97. The molecule has 3 heterocycles. The Morgan fingerprint density at radius 3 is 2.57 bits per heavy atom. The fourth-order valence-electron chi connectivity index (χ4n) is 3.35. The first kappa shape index (κ1) is 20.8. The third-order valence-electron chi connectivity index (χ3n) is 4.82. The molecule has 0 aliphatic carbocycles. The number of hydrogen-bond donors (Lipinski definition) is 4. The summed E-state index contributed by atoms with van der Waals surface area (Å²) in [4.78, 5) is 7.92. The number of halogens is 4. The molecule has 5 N–H and O–H groups in total. The van der Waals surface area contributed by atoms with E-state index < -0.39 is 47.9 Å². The topological polar surface area (TPSA) is 140 Å². The summed E-state index contributed by atoms with van der Waals surface area (Å²) in [5.74, 6) is -0.0588. The first-order valence-corrected chi connectivity index (χ1v) is 8.99. The van der Waals surface area contributed by atoms with Crippen LogP contribution in [0.15, 0.2) is 24.5 Å². The lowest BCUT2D eigenvalue weighted by Gasteiger charge is -2.15. The maximum Gasteiger partial charge on any atom is 0.417 e. The predicted molar refractivity (Wildman–Crippen MR) is 98.2 cm³/mol. The number of aliphatic hydroxyl groups is 3. The highest BCUT2D eigenvalue weighted by molar-refractivity contribution is 6.31. The highest BCUT2D eigenvalue weighted by Crippen LogP contribution is 2.40. The van der Waals surface area contributed by atoms with E-state index in [4.69, 9.17) is 22.1 Å². The van der Waals surface area contributed by atoms with Crippen LogP contribution in [0.5, 0.6) is 0 Å². The zero-order valence-corrected chi connectivity index (χ0v) is 15.7. The molecule has 9 nitrogen and oxygen atoms in total. The van der Waals surface area contributed by atoms with Crippen molar-refractivity contribution in [3.8, 4) is 11.3 Å². The summed E-state index contributed by atoms with van der Waals surface area (Å²) in [5, 5.41) is 33.5. The van der Waals surface area contributed by atoms with Crippen molar-refractivity contribution in [3.63, 3.8) is 0 Å². The number of aromatic nitrogens is 4. The van der Waals surface area contributed by atoms with E-state index in [0.29, 0.717) is 0 Å². The standard InChI is InChI=1S/C17H15ClF3N5O4/c18-8-2-1-6(3-7(8)17(19,20)21)11-10-14(22)23-5-24-15(10)26(25-11)16-13(29)12(28)9(4-27)30-16/h1-3,5,9,12-13,16,27-29H,4H2,(H2,22,23,24)/t9-,12-,13-,16-/m1/s1. The van der Waals surface area contributed by atoms with E-state index in [0.717, 1.165) is 23.1 Å². The van der Waals surface area contributed by atoms with Gasteiger partial charge in [-0.1, -0.05) is 17.7 Å². The number of rotatable bonds is 3. The molecule has 0 radical (unpaired) electrons. The number of fused-ring (bicyclic) bond motifs is 1. The molecule has 0 spiro atoms. The SMILES string of the molecule is Nc1ncnc2c1c(-c1ccc(Cl)c(C(F)(F)F)c1)nn2[C@@H]1O[C@H](CO)[C@@H](O)[C@H]1O. The molecule has 13 heteroatoms. The number of anilines is 1. The average molecular weight is 446 g/mol. The second kappa shape index (κ2) is 7.32. The van der Waals surface area contributed by atoms with Crippen molar-refractivity contribution in [2.75, 3.05) is 12.3 Å². The van der Waals surface area contributed by atoms with Gasteiger partial charge in [-0.25, -0.2) is 14.6 Å². The third kappa shape index (κ3) is 3.26. The number of benzene rings is 1. The van der Waals surface area contributed by atoms with Gasteiger partial charge in [0.2, 0.25) is 0 Å². The second-order valence-corrected chi connectivity index (χ2v) is 7.08. The summed E-state index contributed by atoms with van der Waals surface area (Å²) < 4.78 is 46.5. The fourth-order valence-corrected chi connectivity index (χ4v) is 3.57. The van der Waals surface area contributed by atoms with Crippen molar-refractivity contribution in [2.45, 2.75) is 30.7 Å². The van der Waals surface area contributed by atoms with Crippen molar-refractivity contribution in [3.05, 3.63) is 35.1 Å². The Morgan fingerprint density at radius 2 is 1.93 bits per heavy atom. The van der Waals surface area contributed by atoms with Gasteiger partial charge in [0.15, 0.2) is 11.9 Å². The molecule has 4 atom stereocenters. The first-order chi connectivity index (χ1) is 14.1. The minimum absolute atomic E-state index is 0.00278. The molecule has 1 aliphatic rings. The van der Waals surface area contributed by atoms with Crippen LogP contribution >= 0.6 is 11.6 Å². The Hall–Kier alpha value is -2.51. The van der Waals surface area contributed by atoms with Gasteiger partial charge in [-0.3, -0.25) is 0 Å². The van der Waals surface area contributed by atoms with E-state index >= 15 is 0 Å². The normalized spacial score (nSPS) is 24.6. The molecule has 2 aromatic heterocycles. The largest absolute Gasteiger partial charge is 0.417 e. The van der Waals surface area contributed by atoms with Gasteiger partial charge in [-0.15, -0.1) is 0 Å². The summed E-state index contributed by atoms with van der Waals surface area (Å²) >= 11 is 5.69. The zero-order chi connectivity index (χ0) is 21.8. The molecule has 0 unspecified atom stereocenters. The Balaban J connectivity index is 1.92. The molecule has 4 rings (SSSR count). The third-order valence-corrected chi connectivity index (χ3v) is 5.15. The molecular weight excluding hydrogens is 431 g/mol. The lowest BCUT2D eigenvalue weighted by Crippen LogP contribution is -2.33. The minimum Gasteiger partial charge on any atom is -0.394 e. The number of hydrogen-bond acceptors (Lipinski definition) is 8. The number of nitrogens with two attached hydrogens (primary N) is 1. The number of ether oxygens (including phenoxy) is 1. The molecule has 1 aliphatic heterocycles. The molecule has 1 saturated heterocycles. The lowest BCUT2D eigenvalue weighted by atomic mass is 10.1. The monoisotopic (exact) mass is 445 g/mol. The van der Waals surface area contributed by atoms with E-state index in [9.17, 15) is 28.5 Å². The molecular formula is C17H15ClF3N5O4. The van der Waals surface area contributed by atoms with Crippen molar-refractivity contribution < 1.29 is 33.2 Å². The predicted octanol–water partition coefficient (Wildman–Crippen LogP) is 1.36. The Bertz CT molecular complexity index is 1110. The minimum atomic E-state index is -4.70. The summed E-state index contributed by atoms with van der Waals surface area (Å²) in [6.45, 7) is -0.565. The second-order valence-electron chi connectivity index (χ2n) is 6.67. The van der Waals surface area contributed by atoms with Crippen LogP contribution in [0.4, 0.5) is 19.0 Å². The van der Waals surface area contributed by atoms with Gasteiger partial charge in [-0.05, 0) is 12.1 Å². The number of nitrogen functional groups attached to an aromatic ring is 1. The van der Waals surface area contributed by atoms with Crippen molar-refractivity contribution >= 4 is 28.5 Å². The van der Waals surface area contributed by atoms with Gasteiger partial charge >= 0.3 is 6.18 Å². The Labute approximate surface area is 171 Å². The fraction of sp³-hybridized carbons (Fsp3) is 0.353. The van der Waals surface area contributed by atoms with E-state index in [2.05, 4.69) is 15.1 Å². The molecule has 3 aromatic rings. The van der Waals surface area contributed by atoms with Crippen LogP contribution in [0.25, 0.3) is 22.3 Å². The smallest absolute Gasteiger partial charge is 0.394 e. The van der Waals surface area contributed by atoms with Crippen molar-refractivity contribution in [1.82, 2.24) is 19.7 Å². The van der Waals surface area contributed by atoms with E-state index in [-0.39, 0.29) is 28.1 Å². The Kier molecular flexibility index (Phi) is 5.06. The molecule has 0 amide bonds. The highest BCUT2D eigenvalue weighted by atomic mass is 35.5. The molecule has 160 valence electrons. The van der Waals surface area contributed by atoms with Crippen LogP contribution in [0.1, 0.15) is 11.8 Å². The lowest BCUT2D eigenvalue weighted by molar-refractivity contribution is -0.137. The van der Waals surface area contributed by atoms with Crippen molar-refractivity contribution in [1.29, 1.82) is 0 Å². The van der Waals surface area contributed by atoms with E-state index in [1.54, 1.807) is 0 Å². The van der Waals surface area contributed by atoms with Crippen LogP contribution in [-0.2, 0) is 10.9 Å². The van der Waals surface area contributed by atoms with Gasteiger partial charge in [0.05, 0.1) is 22.6 Å². The molecule has 0 bridgehead atoms. The van der Waals surface area contributed by atoms with Gasteiger partial charge < -0.3 is 25.8 Å². The zero-order valence-electron chi connectivity index (χ0n) is 15.0. The molecule has 1 fully saturated rings. The van der Waals surface area contributed by atoms with Gasteiger partial charge in [-0.2, -0.15) is 18.3 Å². The Morgan fingerprint density at radius 1 is 1.20 bits per heavy atom. The average Bonchev–Trinajstić information content (AvgIpc) is 3.20. The maximum atomic E-state index is 13.3. The molecule has 30 heavy (non-hydrogen) atoms. The van der Waals surface area contributed by atoms with Crippen LogP contribution in [-0.4, -0.2) is 60.0 Å². The molecule has 0 saturated carbocycles. The van der Waals surface area contributed by atoms with Gasteiger partial charge in [0.25, 0.3) is 0 Å². The summed E-state index contributed by atoms with van der Waals surface area (Å²) in [6, 6.07) is 3.22. The van der Waals surface area contributed by atoms with E-state index in [1.807, 2.05) is 0 Å². The van der Waals surface area contributed by atoms with Crippen LogP contribution in [0.2, 0.25) is 5.02 Å². The highest BCUT2D eigenvalue weighted by Gasteiger charge is 2.45. The number of alkyl halides is 3. The quantitative estimate of drug-likeness (QED) is 0.474. The number of aliphatic hydroxyl groups excluding tert-OH is 3. The summed E-state index contributed by atoms with van der Waals surface area (Å²) in [6.07, 6.45) is -8.82. The summed E-state index contributed by atoms with van der Waals surface area (Å²) in [7, 11) is 0. The first-order valence-electron chi connectivity index (χ1n) is 8.61. The molecule has 1 aromatic carbocycles. The van der Waals surface area contributed by atoms with Crippen LogP contribution < -0.4 is 5.73 Å². The van der Waals surface area contributed by atoms with E-state index in [1.165, 1.54) is 6.07 Å². The van der Waals surface area contributed by atoms with Crippen molar-refractivity contribution in [2.24, 2.45) is 0 Å².